The lowest BCUT2D eigenvalue weighted by atomic mass is 10.2. The van der Waals surface area contributed by atoms with E-state index in [2.05, 4.69) is 6.58 Å². The third kappa shape index (κ3) is 2.80. The van der Waals surface area contributed by atoms with Crippen LogP contribution in [0.15, 0.2) is 48.8 Å². The van der Waals surface area contributed by atoms with Crippen LogP contribution in [-0.4, -0.2) is 0 Å². The van der Waals surface area contributed by atoms with Crippen molar-refractivity contribution in [2.45, 2.75) is 0 Å². The van der Waals surface area contributed by atoms with Crippen LogP contribution in [0.4, 0.5) is 4.39 Å². The summed E-state index contributed by atoms with van der Waals surface area (Å²) in [6.45, 7) is 3.12. The number of hydrogen-bond acceptors (Lipinski definition) is 0. The van der Waals surface area contributed by atoms with Gasteiger partial charge in [-0.05, 0) is 11.6 Å². The maximum atomic E-state index is 12.1. The number of halogens is 1. The van der Waals surface area contributed by atoms with Gasteiger partial charge in [-0.25, -0.2) is 4.39 Å². The van der Waals surface area contributed by atoms with Gasteiger partial charge in [-0.1, -0.05) is 43.0 Å². The maximum absolute atomic E-state index is 12.1. The Bertz CT molecular complexity index is 259. The molecule has 0 spiro atoms. The van der Waals surface area contributed by atoms with E-state index < -0.39 is 5.83 Å². The molecule has 0 aliphatic carbocycles. The first-order valence-electron chi connectivity index (χ1n) is 3.36. The van der Waals surface area contributed by atoms with Crippen LogP contribution >= 0.6 is 0 Å². The molecule has 0 nitrogen and oxygen atoms in total. The van der Waals surface area contributed by atoms with E-state index in [0.717, 1.165) is 5.56 Å². The van der Waals surface area contributed by atoms with Crippen LogP contribution in [0.1, 0.15) is 5.56 Å². The van der Waals surface area contributed by atoms with Crippen LogP contribution in [0.25, 0.3) is 6.08 Å². The van der Waals surface area contributed by atoms with Gasteiger partial charge in [0.2, 0.25) is 0 Å². The second kappa shape index (κ2) is 3.71. The zero-order valence-corrected chi connectivity index (χ0v) is 6.13. The molecule has 0 fully saturated rings. The van der Waals surface area contributed by atoms with Crippen molar-refractivity contribution in [3.8, 4) is 0 Å². The Balaban J connectivity index is 2.72. The first-order chi connectivity index (χ1) is 5.29. The molecule has 0 saturated carbocycles. The Labute approximate surface area is 65.7 Å². The zero-order valence-electron chi connectivity index (χ0n) is 6.13. The third-order valence-corrected chi connectivity index (χ3v) is 1.26. The minimum atomic E-state index is -0.422. The minimum absolute atomic E-state index is 0.422. The molecule has 0 aliphatic rings. The lowest BCUT2D eigenvalue weighted by molar-refractivity contribution is 0.672. The molecule has 0 N–H and O–H groups in total. The summed E-state index contributed by atoms with van der Waals surface area (Å²) in [6, 6.07) is 9.53. The number of benzene rings is 1. The standard InChI is InChI=1S/C10H9F/c1-9(11)7-8-10-5-3-2-4-6-10/h2-8H,1H2/b8-7+. The molecule has 0 unspecified atom stereocenters. The minimum Gasteiger partial charge on any atom is -0.208 e. The van der Waals surface area contributed by atoms with E-state index in [-0.39, 0.29) is 0 Å². The second-order valence-electron chi connectivity index (χ2n) is 2.19. The molecule has 0 heterocycles. The third-order valence-electron chi connectivity index (χ3n) is 1.26. The van der Waals surface area contributed by atoms with Crippen LogP contribution in [0.3, 0.4) is 0 Å². The molecule has 1 rings (SSSR count). The summed E-state index contributed by atoms with van der Waals surface area (Å²) in [6.07, 6.45) is 3.03. The summed E-state index contributed by atoms with van der Waals surface area (Å²) in [5.74, 6) is -0.422. The topological polar surface area (TPSA) is 0 Å². The highest BCUT2D eigenvalue weighted by molar-refractivity contribution is 5.51. The summed E-state index contributed by atoms with van der Waals surface area (Å²) in [5, 5.41) is 0. The predicted octanol–water partition coefficient (Wildman–Crippen LogP) is 3.18. The molecule has 56 valence electrons. The van der Waals surface area contributed by atoms with Crippen molar-refractivity contribution in [2.24, 2.45) is 0 Å². The molecule has 1 heteroatoms. The van der Waals surface area contributed by atoms with E-state index in [1.54, 1.807) is 6.08 Å². The molecule has 0 aromatic heterocycles. The molecule has 11 heavy (non-hydrogen) atoms. The van der Waals surface area contributed by atoms with Gasteiger partial charge in [0, 0.05) is 0 Å². The van der Waals surface area contributed by atoms with Crippen LogP contribution in [0.5, 0.6) is 0 Å². The highest BCUT2D eigenvalue weighted by Crippen LogP contribution is 2.03. The lowest BCUT2D eigenvalue weighted by Crippen LogP contribution is -1.67. The highest BCUT2D eigenvalue weighted by Gasteiger charge is 1.82. The largest absolute Gasteiger partial charge is 0.208 e. The number of hydrogen-bond donors (Lipinski definition) is 0. The Kier molecular flexibility index (Phi) is 2.61. The zero-order chi connectivity index (χ0) is 8.10. The van der Waals surface area contributed by atoms with E-state index in [0.29, 0.717) is 0 Å². The first-order valence-corrected chi connectivity index (χ1v) is 3.36. The van der Waals surface area contributed by atoms with Crippen molar-refractivity contribution >= 4 is 6.08 Å². The summed E-state index contributed by atoms with van der Waals surface area (Å²) in [5.41, 5.74) is 0.978. The molecule has 0 saturated heterocycles. The lowest BCUT2D eigenvalue weighted by Gasteiger charge is -1.88. The SMILES string of the molecule is C=C(F)/C=C/c1ccccc1. The van der Waals surface area contributed by atoms with E-state index in [4.69, 9.17) is 0 Å². The van der Waals surface area contributed by atoms with E-state index in [1.807, 2.05) is 30.3 Å². The van der Waals surface area contributed by atoms with Gasteiger partial charge in [0.1, 0.15) is 5.83 Å². The van der Waals surface area contributed by atoms with Crippen molar-refractivity contribution in [1.29, 1.82) is 0 Å². The van der Waals surface area contributed by atoms with E-state index in [9.17, 15) is 4.39 Å². The summed E-state index contributed by atoms with van der Waals surface area (Å²) in [4.78, 5) is 0. The highest BCUT2D eigenvalue weighted by atomic mass is 19.1. The molecule has 0 amide bonds. The Morgan fingerprint density at radius 1 is 1.27 bits per heavy atom. The Morgan fingerprint density at radius 3 is 2.45 bits per heavy atom. The normalized spacial score (nSPS) is 10.3. The van der Waals surface area contributed by atoms with Gasteiger partial charge in [0.25, 0.3) is 0 Å². The molecule has 0 aliphatic heterocycles. The fourth-order valence-electron chi connectivity index (χ4n) is 0.751. The fraction of sp³-hybridized carbons (Fsp3) is 0. The number of rotatable bonds is 2. The average Bonchev–Trinajstić information content (AvgIpc) is 2.03. The summed E-state index contributed by atoms with van der Waals surface area (Å²) < 4.78 is 12.1. The van der Waals surface area contributed by atoms with Crippen molar-refractivity contribution in [1.82, 2.24) is 0 Å². The van der Waals surface area contributed by atoms with Crippen molar-refractivity contribution in [2.75, 3.05) is 0 Å². The van der Waals surface area contributed by atoms with Gasteiger partial charge in [-0.3, -0.25) is 0 Å². The van der Waals surface area contributed by atoms with Crippen molar-refractivity contribution in [3.63, 3.8) is 0 Å². The molecular weight excluding hydrogens is 139 g/mol. The molecule has 1 aromatic rings. The van der Waals surface area contributed by atoms with Crippen molar-refractivity contribution in [3.05, 3.63) is 54.4 Å². The van der Waals surface area contributed by atoms with Gasteiger partial charge in [-0.2, -0.15) is 0 Å². The molecule has 0 bridgehead atoms. The van der Waals surface area contributed by atoms with Gasteiger partial charge in [0.05, 0.1) is 0 Å². The molecule has 0 radical (unpaired) electrons. The molecular formula is C10H9F. The van der Waals surface area contributed by atoms with E-state index in [1.165, 1.54) is 6.08 Å². The average molecular weight is 148 g/mol. The van der Waals surface area contributed by atoms with E-state index >= 15 is 0 Å². The fourth-order valence-corrected chi connectivity index (χ4v) is 0.751. The molecule has 0 atom stereocenters. The second-order valence-corrected chi connectivity index (χ2v) is 2.19. The smallest absolute Gasteiger partial charge is 0.116 e. The Morgan fingerprint density at radius 2 is 1.91 bits per heavy atom. The quantitative estimate of drug-likeness (QED) is 0.565. The summed E-state index contributed by atoms with van der Waals surface area (Å²) >= 11 is 0. The van der Waals surface area contributed by atoms with Crippen LogP contribution in [-0.2, 0) is 0 Å². The van der Waals surface area contributed by atoms with Gasteiger partial charge in [-0.15, -0.1) is 0 Å². The van der Waals surface area contributed by atoms with Crippen LogP contribution in [0, 0.1) is 0 Å². The van der Waals surface area contributed by atoms with Gasteiger partial charge in [0.15, 0.2) is 0 Å². The maximum Gasteiger partial charge on any atom is 0.116 e. The van der Waals surface area contributed by atoms with Crippen LogP contribution in [0.2, 0.25) is 0 Å². The predicted molar refractivity (Wildman–Crippen MR) is 45.7 cm³/mol. The van der Waals surface area contributed by atoms with Crippen LogP contribution < -0.4 is 0 Å². The van der Waals surface area contributed by atoms with Gasteiger partial charge < -0.3 is 0 Å². The van der Waals surface area contributed by atoms with Gasteiger partial charge >= 0.3 is 0 Å². The molecule has 1 aromatic carbocycles. The first kappa shape index (κ1) is 7.73. The number of allylic oxidation sites excluding steroid dienone is 2. The van der Waals surface area contributed by atoms with Crippen molar-refractivity contribution < 1.29 is 4.39 Å². The monoisotopic (exact) mass is 148 g/mol. The Hall–Kier alpha value is -1.37. The summed E-state index contributed by atoms with van der Waals surface area (Å²) in [7, 11) is 0.